The predicted molar refractivity (Wildman–Crippen MR) is 104 cm³/mol. The molecule has 0 spiro atoms. The van der Waals surface area contributed by atoms with Crippen molar-refractivity contribution in [3.63, 3.8) is 0 Å². The molecule has 1 fully saturated rings. The molecule has 3 rings (SSSR count). The number of carbonyl (C=O) groups excluding carboxylic acids is 1. The van der Waals surface area contributed by atoms with E-state index in [1.165, 1.54) is 0 Å². The summed E-state index contributed by atoms with van der Waals surface area (Å²) in [5, 5.41) is 6.25. The molecule has 1 aliphatic heterocycles. The minimum absolute atomic E-state index is 0. The molecule has 1 amide bonds. The first-order valence-electron chi connectivity index (χ1n) is 8.58. The van der Waals surface area contributed by atoms with Gasteiger partial charge >= 0.3 is 0 Å². The first kappa shape index (κ1) is 20.2. The maximum Gasteiger partial charge on any atom is 0.252 e. The number of benzene rings is 2. The molecule has 5 nitrogen and oxygen atoms in total. The second-order valence-corrected chi connectivity index (χ2v) is 6.19. The van der Waals surface area contributed by atoms with E-state index in [2.05, 4.69) is 10.6 Å². The maximum absolute atomic E-state index is 12.5. The average Bonchev–Trinajstić information content (AvgIpc) is 2.68. The molecule has 2 N–H and O–H groups in total. The Bertz CT molecular complexity index is 686. The lowest BCUT2D eigenvalue weighted by atomic mass is 9.91. The topological polar surface area (TPSA) is 59.6 Å². The van der Waals surface area contributed by atoms with Gasteiger partial charge in [-0.2, -0.15) is 0 Å². The smallest absolute Gasteiger partial charge is 0.252 e. The van der Waals surface area contributed by atoms with Gasteiger partial charge in [0.05, 0.1) is 0 Å². The fourth-order valence-corrected chi connectivity index (χ4v) is 3.00. The zero-order valence-corrected chi connectivity index (χ0v) is 15.7. The quantitative estimate of drug-likeness (QED) is 0.812. The predicted octanol–water partition coefficient (Wildman–Crippen LogP) is 3.29. The highest BCUT2D eigenvalue weighted by Gasteiger charge is 2.39. The number of halogens is 1. The van der Waals surface area contributed by atoms with Crippen LogP contribution in [0.1, 0.15) is 18.4 Å². The summed E-state index contributed by atoms with van der Waals surface area (Å²) in [4.78, 5) is 12.5. The molecule has 0 aromatic heterocycles. The lowest BCUT2D eigenvalue weighted by Crippen LogP contribution is -2.53. The highest BCUT2D eigenvalue weighted by molar-refractivity contribution is 5.85. The van der Waals surface area contributed by atoms with E-state index in [0.717, 1.165) is 30.2 Å². The van der Waals surface area contributed by atoms with Crippen LogP contribution in [-0.2, 0) is 16.1 Å². The SMILES string of the molecule is COC1(C(=O)NCc2ccc(Oc3ccccc3)cc2)CCNCC1.Cl. The van der Waals surface area contributed by atoms with Crippen LogP contribution in [0.2, 0.25) is 0 Å². The molecule has 0 radical (unpaired) electrons. The number of hydrogen-bond donors (Lipinski definition) is 2. The van der Waals surface area contributed by atoms with Gasteiger partial charge in [-0.15, -0.1) is 12.4 Å². The second kappa shape index (κ2) is 9.57. The summed E-state index contributed by atoms with van der Waals surface area (Å²) in [6.45, 7) is 2.07. The van der Waals surface area contributed by atoms with Crippen molar-refractivity contribution in [3.05, 3.63) is 60.2 Å². The molecule has 1 aliphatic rings. The largest absolute Gasteiger partial charge is 0.457 e. The lowest BCUT2D eigenvalue weighted by molar-refractivity contribution is -0.146. The third kappa shape index (κ3) is 4.97. The fraction of sp³-hybridized carbons (Fsp3) is 0.350. The Hall–Kier alpha value is -2.08. The van der Waals surface area contributed by atoms with Crippen molar-refractivity contribution in [3.8, 4) is 11.5 Å². The van der Waals surface area contributed by atoms with Gasteiger partial charge in [0.25, 0.3) is 5.91 Å². The van der Waals surface area contributed by atoms with E-state index >= 15 is 0 Å². The number of piperidine rings is 1. The second-order valence-electron chi connectivity index (χ2n) is 6.19. The van der Waals surface area contributed by atoms with Crippen molar-refractivity contribution < 1.29 is 14.3 Å². The Morgan fingerprint density at radius 3 is 2.27 bits per heavy atom. The van der Waals surface area contributed by atoms with Crippen LogP contribution >= 0.6 is 12.4 Å². The van der Waals surface area contributed by atoms with Gasteiger partial charge in [-0.25, -0.2) is 0 Å². The Balaban J connectivity index is 0.00000243. The van der Waals surface area contributed by atoms with Gasteiger partial charge in [0.1, 0.15) is 17.1 Å². The van der Waals surface area contributed by atoms with Gasteiger partial charge in [-0.1, -0.05) is 30.3 Å². The third-order valence-electron chi connectivity index (χ3n) is 4.57. The van der Waals surface area contributed by atoms with Crippen LogP contribution in [0, 0.1) is 0 Å². The van der Waals surface area contributed by atoms with Crippen LogP contribution in [0.4, 0.5) is 0 Å². The number of ether oxygens (including phenoxy) is 2. The summed E-state index contributed by atoms with van der Waals surface area (Å²) in [6.07, 6.45) is 1.39. The number of rotatable bonds is 6. The van der Waals surface area contributed by atoms with E-state index < -0.39 is 5.60 Å². The van der Waals surface area contributed by atoms with Crippen molar-refractivity contribution in [1.82, 2.24) is 10.6 Å². The minimum atomic E-state index is -0.707. The van der Waals surface area contributed by atoms with Gasteiger partial charge in [0.15, 0.2) is 0 Å². The molecule has 1 saturated heterocycles. The summed E-state index contributed by atoms with van der Waals surface area (Å²) in [7, 11) is 1.61. The van der Waals surface area contributed by atoms with Crippen molar-refractivity contribution in [1.29, 1.82) is 0 Å². The Morgan fingerprint density at radius 1 is 1.04 bits per heavy atom. The Labute approximate surface area is 160 Å². The monoisotopic (exact) mass is 376 g/mol. The van der Waals surface area contributed by atoms with Crippen LogP contribution in [0.25, 0.3) is 0 Å². The van der Waals surface area contributed by atoms with Crippen LogP contribution in [0.3, 0.4) is 0 Å². The number of hydrogen-bond acceptors (Lipinski definition) is 4. The summed E-state index contributed by atoms with van der Waals surface area (Å²) >= 11 is 0. The molecule has 0 unspecified atom stereocenters. The van der Waals surface area contributed by atoms with Gasteiger partial charge in [-0.3, -0.25) is 4.79 Å². The summed E-state index contributed by atoms with van der Waals surface area (Å²) in [6, 6.07) is 17.4. The Kier molecular flexibility index (Phi) is 7.45. The average molecular weight is 377 g/mol. The van der Waals surface area contributed by atoms with E-state index in [4.69, 9.17) is 9.47 Å². The van der Waals surface area contributed by atoms with Gasteiger partial charge in [-0.05, 0) is 55.8 Å². The lowest BCUT2D eigenvalue weighted by Gasteiger charge is -2.34. The van der Waals surface area contributed by atoms with E-state index in [1.54, 1.807) is 7.11 Å². The van der Waals surface area contributed by atoms with Gasteiger partial charge < -0.3 is 20.1 Å². The summed E-state index contributed by atoms with van der Waals surface area (Å²) in [5.74, 6) is 1.53. The summed E-state index contributed by atoms with van der Waals surface area (Å²) < 4.78 is 11.3. The van der Waals surface area contributed by atoms with E-state index in [-0.39, 0.29) is 18.3 Å². The zero-order valence-electron chi connectivity index (χ0n) is 14.9. The molecular formula is C20H25ClN2O3. The number of amides is 1. The molecule has 2 aromatic carbocycles. The zero-order chi connectivity index (χ0) is 17.5. The van der Waals surface area contributed by atoms with E-state index in [9.17, 15) is 4.79 Å². The molecule has 6 heteroatoms. The van der Waals surface area contributed by atoms with Crippen molar-refractivity contribution in [2.45, 2.75) is 25.0 Å². The normalized spacial score (nSPS) is 15.6. The maximum atomic E-state index is 12.5. The molecule has 26 heavy (non-hydrogen) atoms. The number of nitrogens with one attached hydrogen (secondary N) is 2. The van der Waals surface area contributed by atoms with Gasteiger partial charge in [0.2, 0.25) is 0 Å². The highest BCUT2D eigenvalue weighted by Crippen LogP contribution is 2.23. The minimum Gasteiger partial charge on any atom is -0.457 e. The van der Waals surface area contributed by atoms with Crippen molar-refractivity contribution >= 4 is 18.3 Å². The molecular weight excluding hydrogens is 352 g/mol. The number of para-hydroxylation sites is 1. The molecule has 0 aliphatic carbocycles. The van der Waals surface area contributed by atoms with Crippen LogP contribution in [0.15, 0.2) is 54.6 Å². The Morgan fingerprint density at radius 2 is 1.65 bits per heavy atom. The standard InChI is InChI=1S/C20H24N2O3.ClH/c1-24-20(11-13-21-14-12-20)19(23)22-15-16-7-9-18(10-8-16)25-17-5-3-2-4-6-17;/h2-10,21H,11-15H2,1H3,(H,22,23);1H. The van der Waals surface area contributed by atoms with Crippen LogP contribution in [0.5, 0.6) is 11.5 Å². The van der Waals surface area contributed by atoms with Gasteiger partial charge in [0, 0.05) is 13.7 Å². The van der Waals surface area contributed by atoms with E-state index in [0.29, 0.717) is 19.4 Å². The molecule has 0 saturated carbocycles. The van der Waals surface area contributed by atoms with Crippen molar-refractivity contribution in [2.75, 3.05) is 20.2 Å². The first-order chi connectivity index (χ1) is 12.2. The summed E-state index contributed by atoms with van der Waals surface area (Å²) in [5.41, 5.74) is 0.315. The molecule has 0 bridgehead atoms. The fourth-order valence-electron chi connectivity index (χ4n) is 3.00. The number of carbonyl (C=O) groups is 1. The highest BCUT2D eigenvalue weighted by atomic mass is 35.5. The first-order valence-corrected chi connectivity index (χ1v) is 8.58. The van der Waals surface area contributed by atoms with E-state index in [1.807, 2.05) is 54.6 Å². The molecule has 140 valence electrons. The van der Waals surface area contributed by atoms with Crippen molar-refractivity contribution in [2.24, 2.45) is 0 Å². The third-order valence-corrected chi connectivity index (χ3v) is 4.57. The number of methoxy groups -OCH3 is 1. The molecule has 1 heterocycles. The molecule has 2 aromatic rings. The van der Waals surface area contributed by atoms with Crippen LogP contribution < -0.4 is 15.4 Å². The molecule has 0 atom stereocenters. The van der Waals surface area contributed by atoms with Crippen LogP contribution in [-0.4, -0.2) is 31.7 Å².